The standard InChI is InChI=1S/C2H4N4O6S/c7-5(8)3-1-2-4(6(9)10)13(3,11)12/h1-2H2. The van der Waals surface area contributed by atoms with Gasteiger partial charge in [0.1, 0.15) is 13.1 Å². The molecule has 10 nitrogen and oxygen atoms in total. The van der Waals surface area contributed by atoms with Crippen LogP contribution in [0, 0.1) is 20.2 Å². The van der Waals surface area contributed by atoms with Gasteiger partial charge >= 0.3 is 10.2 Å². The van der Waals surface area contributed by atoms with Crippen LogP contribution in [0.3, 0.4) is 0 Å². The van der Waals surface area contributed by atoms with Gasteiger partial charge in [-0.2, -0.15) is 8.42 Å². The van der Waals surface area contributed by atoms with Crippen LogP contribution in [0.4, 0.5) is 0 Å². The molecule has 0 spiro atoms. The van der Waals surface area contributed by atoms with Crippen LogP contribution in [0.1, 0.15) is 0 Å². The molecule has 0 amide bonds. The SMILES string of the molecule is O=[N+]([O-])N1CCN([N+](=O)[O-])S1(=O)=O. The van der Waals surface area contributed by atoms with Gasteiger partial charge in [-0.3, -0.25) is 0 Å². The first-order valence-electron chi connectivity index (χ1n) is 2.96. The highest BCUT2D eigenvalue weighted by Gasteiger charge is 2.50. The van der Waals surface area contributed by atoms with E-state index in [1.54, 1.807) is 0 Å². The highest BCUT2D eigenvalue weighted by molar-refractivity contribution is 7.86. The van der Waals surface area contributed by atoms with E-state index < -0.39 is 33.4 Å². The molecule has 1 rings (SSSR count). The fourth-order valence-corrected chi connectivity index (χ4v) is 2.02. The molecule has 0 N–H and O–H groups in total. The van der Waals surface area contributed by atoms with Gasteiger partial charge in [-0.1, -0.05) is 0 Å². The lowest BCUT2D eigenvalue weighted by molar-refractivity contribution is -0.625. The van der Waals surface area contributed by atoms with Crippen molar-refractivity contribution in [2.24, 2.45) is 0 Å². The van der Waals surface area contributed by atoms with Crippen molar-refractivity contribution in [1.82, 2.24) is 8.83 Å². The Morgan fingerprint density at radius 2 is 1.31 bits per heavy atom. The zero-order valence-electron chi connectivity index (χ0n) is 6.06. The summed E-state index contributed by atoms with van der Waals surface area (Å²) >= 11 is 0. The van der Waals surface area contributed by atoms with Crippen LogP contribution in [-0.2, 0) is 10.2 Å². The van der Waals surface area contributed by atoms with E-state index >= 15 is 0 Å². The minimum atomic E-state index is -4.56. The Labute approximate surface area is 71.8 Å². The molecule has 0 saturated carbocycles. The number of rotatable bonds is 2. The summed E-state index contributed by atoms with van der Waals surface area (Å²) in [5.74, 6) is 0. The van der Waals surface area contributed by atoms with Gasteiger partial charge in [0.15, 0.2) is 10.1 Å². The molecule has 1 fully saturated rings. The van der Waals surface area contributed by atoms with Gasteiger partial charge in [-0.05, 0) is 0 Å². The fourth-order valence-electron chi connectivity index (χ4n) is 0.842. The molecule has 0 aliphatic carbocycles. The van der Waals surface area contributed by atoms with Crippen molar-refractivity contribution in [1.29, 1.82) is 0 Å². The third-order valence-electron chi connectivity index (χ3n) is 1.38. The van der Waals surface area contributed by atoms with E-state index in [0.717, 1.165) is 0 Å². The highest BCUT2D eigenvalue weighted by Crippen LogP contribution is 2.15. The molecule has 1 aliphatic heterocycles. The number of nitro groups is 2. The van der Waals surface area contributed by atoms with Crippen molar-refractivity contribution in [3.63, 3.8) is 0 Å². The molecule has 74 valence electrons. The first-order chi connectivity index (χ1) is 5.87. The fraction of sp³-hybridized carbons (Fsp3) is 1.00. The summed E-state index contributed by atoms with van der Waals surface area (Å²) in [6.07, 6.45) is 0. The summed E-state index contributed by atoms with van der Waals surface area (Å²) in [6, 6.07) is 0. The maximum atomic E-state index is 10.9. The van der Waals surface area contributed by atoms with Crippen LogP contribution in [0.15, 0.2) is 0 Å². The van der Waals surface area contributed by atoms with Gasteiger partial charge in [0, 0.05) is 8.83 Å². The lowest BCUT2D eigenvalue weighted by atomic mass is 10.7. The summed E-state index contributed by atoms with van der Waals surface area (Å²) in [6.45, 7) is -1.04. The average Bonchev–Trinajstić information content (AvgIpc) is 2.24. The molecule has 0 aromatic carbocycles. The van der Waals surface area contributed by atoms with E-state index in [2.05, 4.69) is 0 Å². The van der Waals surface area contributed by atoms with E-state index in [9.17, 15) is 28.6 Å². The zero-order valence-corrected chi connectivity index (χ0v) is 6.88. The summed E-state index contributed by atoms with van der Waals surface area (Å²) in [4.78, 5) is 20.2. The molecule has 0 aromatic rings. The first kappa shape index (κ1) is 9.44. The molecule has 1 saturated heterocycles. The van der Waals surface area contributed by atoms with Crippen molar-refractivity contribution in [3.8, 4) is 0 Å². The minimum absolute atomic E-state index is 0.171. The van der Waals surface area contributed by atoms with Crippen molar-refractivity contribution in [2.45, 2.75) is 0 Å². The van der Waals surface area contributed by atoms with Crippen LogP contribution in [0.2, 0.25) is 0 Å². The molecule has 13 heavy (non-hydrogen) atoms. The summed E-state index contributed by atoms with van der Waals surface area (Å²) in [5, 5.41) is 17.8. The van der Waals surface area contributed by atoms with Crippen LogP contribution < -0.4 is 0 Å². The highest BCUT2D eigenvalue weighted by atomic mass is 32.2. The van der Waals surface area contributed by atoms with Crippen molar-refractivity contribution in [2.75, 3.05) is 13.1 Å². The number of hydrazine groups is 2. The van der Waals surface area contributed by atoms with Gasteiger partial charge < -0.3 is 0 Å². The van der Waals surface area contributed by atoms with Crippen LogP contribution in [0.5, 0.6) is 0 Å². The van der Waals surface area contributed by atoms with E-state index in [-0.39, 0.29) is 8.83 Å². The number of hydrogen-bond donors (Lipinski definition) is 0. The van der Waals surface area contributed by atoms with Crippen molar-refractivity contribution >= 4 is 10.2 Å². The zero-order chi connectivity index (χ0) is 10.2. The summed E-state index contributed by atoms with van der Waals surface area (Å²) in [5.41, 5.74) is 0. The van der Waals surface area contributed by atoms with E-state index in [1.165, 1.54) is 0 Å². The largest absolute Gasteiger partial charge is 0.425 e. The summed E-state index contributed by atoms with van der Waals surface area (Å²) < 4.78 is 21.5. The third-order valence-corrected chi connectivity index (χ3v) is 3.08. The lowest BCUT2D eigenvalue weighted by Crippen LogP contribution is -2.39. The number of nitrogens with zero attached hydrogens (tertiary/aromatic N) is 4. The Morgan fingerprint density at radius 3 is 1.46 bits per heavy atom. The second-order valence-electron chi connectivity index (χ2n) is 2.08. The third kappa shape index (κ3) is 1.32. The average molecular weight is 212 g/mol. The van der Waals surface area contributed by atoms with Gasteiger partial charge in [0.2, 0.25) is 0 Å². The van der Waals surface area contributed by atoms with Crippen molar-refractivity contribution < 1.29 is 18.5 Å². The molecule has 0 aromatic heterocycles. The van der Waals surface area contributed by atoms with Gasteiger partial charge in [0.25, 0.3) is 0 Å². The Hall–Kier alpha value is -1.65. The Morgan fingerprint density at radius 1 is 1.00 bits per heavy atom. The van der Waals surface area contributed by atoms with Gasteiger partial charge in [0.05, 0.1) is 0 Å². The molecule has 0 unspecified atom stereocenters. The minimum Gasteiger partial charge on any atom is -0.234 e. The smallest absolute Gasteiger partial charge is 0.234 e. The molecular formula is C2H4N4O6S. The molecule has 0 radical (unpaired) electrons. The summed E-state index contributed by atoms with van der Waals surface area (Å²) in [7, 11) is -4.56. The topological polar surface area (TPSA) is 127 Å². The van der Waals surface area contributed by atoms with Crippen LogP contribution in [-0.4, -0.2) is 40.4 Å². The monoisotopic (exact) mass is 212 g/mol. The Bertz CT molecular complexity index is 320. The Kier molecular flexibility index (Phi) is 1.95. The van der Waals surface area contributed by atoms with Gasteiger partial charge in [-0.15, -0.1) is 0 Å². The molecule has 1 aliphatic rings. The molecule has 0 atom stereocenters. The molecule has 0 bridgehead atoms. The first-order valence-corrected chi connectivity index (χ1v) is 4.36. The van der Waals surface area contributed by atoms with E-state index in [0.29, 0.717) is 0 Å². The van der Waals surface area contributed by atoms with Crippen LogP contribution in [0.25, 0.3) is 0 Å². The van der Waals surface area contributed by atoms with E-state index in [1.807, 2.05) is 0 Å². The van der Waals surface area contributed by atoms with E-state index in [4.69, 9.17) is 0 Å². The second kappa shape index (κ2) is 2.69. The maximum Gasteiger partial charge on any atom is 0.425 e. The predicted molar refractivity (Wildman–Crippen MR) is 36.3 cm³/mol. The molecule has 11 heteroatoms. The van der Waals surface area contributed by atoms with Gasteiger partial charge in [-0.25, -0.2) is 20.2 Å². The predicted octanol–water partition coefficient (Wildman–Crippen LogP) is -1.77. The molecule has 1 heterocycles. The van der Waals surface area contributed by atoms with Crippen molar-refractivity contribution in [3.05, 3.63) is 20.2 Å². The van der Waals surface area contributed by atoms with Crippen LogP contribution >= 0.6 is 0 Å². The lowest BCUT2D eigenvalue weighted by Gasteiger charge is -2.05. The molecular weight excluding hydrogens is 208 g/mol. The maximum absolute atomic E-state index is 10.9. The second-order valence-corrected chi connectivity index (χ2v) is 3.81. The Balaban J connectivity index is 3.03. The normalized spacial score (nSPS) is 20.3. The number of hydrogen-bond acceptors (Lipinski definition) is 6. The quantitative estimate of drug-likeness (QED) is 0.393.